The molecule has 3 heterocycles. The molecule has 1 saturated heterocycles. The van der Waals surface area contributed by atoms with Crippen molar-refractivity contribution in [3.05, 3.63) is 57.6 Å². The van der Waals surface area contributed by atoms with Crippen LogP contribution < -0.4 is 9.64 Å². The highest BCUT2D eigenvalue weighted by atomic mass is 35.5. The first-order valence-electron chi connectivity index (χ1n) is 9.19. The number of benzene rings is 1. The minimum absolute atomic E-state index is 0.0298. The molecule has 0 radical (unpaired) electrons. The molecule has 0 N–H and O–H groups in total. The second-order valence-electron chi connectivity index (χ2n) is 6.61. The van der Waals surface area contributed by atoms with Crippen molar-refractivity contribution in [3.8, 4) is 16.3 Å². The van der Waals surface area contributed by atoms with Gasteiger partial charge < -0.3 is 14.5 Å². The minimum atomic E-state index is -0.564. The Hall–Kier alpha value is -2.42. The van der Waals surface area contributed by atoms with Gasteiger partial charge in [0.1, 0.15) is 11.5 Å². The Morgan fingerprint density at radius 1 is 1.10 bits per heavy atom. The van der Waals surface area contributed by atoms with E-state index in [4.69, 9.17) is 27.9 Å². The van der Waals surface area contributed by atoms with Crippen molar-refractivity contribution in [3.63, 3.8) is 0 Å². The Morgan fingerprint density at radius 2 is 1.83 bits per heavy atom. The van der Waals surface area contributed by atoms with Gasteiger partial charge in [0, 0.05) is 26.2 Å². The zero-order valence-electron chi connectivity index (χ0n) is 15.7. The summed E-state index contributed by atoms with van der Waals surface area (Å²) >= 11 is 13.5. The van der Waals surface area contributed by atoms with Crippen LogP contribution in [0, 0.1) is 5.82 Å². The first-order valence-corrected chi connectivity index (χ1v) is 10.8. The number of rotatable bonds is 5. The van der Waals surface area contributed by atoms with Gasteiger partial charge in [-0.2, -0.15) is 0 Å². The lowest BCUT2D eigenvalue weighted by Crippen LogP contribution is -2.50. The zero-order valence-corrected chi connectivity index (χ0v) is 18.1. The summed E-state index contributed by atoms with van der Waals surface area (Å²) in [4.78, 5) is 17.3. The molecule has 0 unspecified atom stereocenters. The third kappa shape index (κ3) is 4.66. The Balaban J connectivity index is 1.30. The second-order valence-corrected chi connectivity index (χ2v) is 8.37. The van der Waals surface area contributed by atoms with E-state index >= 15 is 0 Å². The molecule has 6 nitrogen and oxygen atoms in total. The third-order valence-corrected chi connectivity index (χ3v) is 6.14. The van der Waals surface area contributed by atoms with Gasteiger partial charge in [0.25, 0.3) is 5.91 Å². The first kappa shape index (κ1) is 20.8. The van der Waals surface area contributed by atoms with E-state index in [1.807, 2.05) is 29.6 Å². The van der Waals surface area contributed by atoms with Crippen LogP contribution in [-0.4, -0.2) is 53.8 Å². The molecule has 3 aromatic rings. The number of hydrogen-bond acceptors (Lipinski definition) is 6. The van der Waals surface area contributed by atoms with Crippen LogP contribution in [0.1, 0.15) is 0 Å². The summed E-state index contributed by atoms with van der Waals surface area (Å²) in [6, 6.07) is 10.1. The third-order valence-electron chi connectivity index (χ3n) is 4.68. The minimum Gasteiger partial charge on any atom is -0.481 e. The predicted molar refractivity (Wildman–Crippen MR) is 116 cm³/mol. The van der Waals surface area contributed by atoms with E-state index in [1.54, 1.807) is 16.2 Å². The van der Waals surface area contributed by atoms with E-state index in [-0.39, 0.29) is 28.3 Å². The topological polar surface area (TPSA) is 58.6 Å². The van der Waals surface area contributed by atoms with Gasteiger partial charge in [0.2, 0.25) is 0 Å². The maximum Gasteiger partial charge on any atom is 0.260 e. The maximum atomic E-state index is 13.3. The maximum absolute atomic E-state index is 13.3. The monoisotopic (exact) mass is 466 g/mol. The number of piperazine rings is 1. The quantitative estimate of drug-likeness (QED) is 0.558. The fourth-order valence-corrected chi connectivity index (χ4v) is 4.39. The molecule has 30 heavy (non-hydrogen) atoms. The Labute approximate surface area is 186 Å². The van der Waals surface area contributed by atoms with Crippen LogP contribution in [0.2, 0.25) is 10.0 Å². The number of aromatic nitrogens is 2. The summed E-state index contributed by atoms with van der Waals surface area (Å²) in [5.74, 6) is 0.132. The number of nitrogens with zero attached hydrogens (tertiary/aromatic N) is 4. The molecule has 1 fully saturated rings. The summed E-state index contributed by atoms with van der Waals surface area (Å²) in [6.07, 6.45) is 0. The molecule has 4 rings (SSSR count). The van der Waals surface area contributed by atoms with Gasteiger partial charge >= 0.3 is 0 Å². The summed E-state index contributed by atoms with van der Waals surface area (Å²) in [5.41, 5.74) is 0.845. The van der Waals surface area contributed by atoms with Crippen molar-refractivity contribution in [1.29, 1.82) is 0 Å². The van der Waals surface area contributed by atoms with Gasteiger partial charge in [-0.3, -0.25) is 4.79 Å². The predicted octanol–water partition coefficient (Wildman–Crippen LogP) is 4.38. The highest BCUT2D eigenvalue weighted by Crippen LogP contribution is 2.33. The van der Waals surface area contributed by atoms with Gasteiger partial charge in [-0.25, -0.2) is 4.39 Å². The van der Waals surface area contributed by atoms with E-state index in [1.165, 1.54) is 0 Å². The van der Waals surface area contributed by atoms with Crippen molar-refractivity contribution >= 4 is 46.3 Å². The van der Waals surface area contributed by atoms with E-state index in [0.29, 0.717) is 26.2 Å². The van der Waals surface area contributed by atoms with Crippen molar-refractivity contribution in [1.82, 2.24) is 15.1 Å². The van der Waals surface area contributed by atoms with Gasteiger partial charge in [-0.05, 0) is 35.7 Å². The molecule has 0 aliphatic carbocycles. The van der Waals surface area contributed by atoms with E-state index in [0.717, 1.165) is 28.5 Å². The summed E-state index contributed by atoms with van der Waals surface area (Å²) in [5, 5.41) is 10.7. The van der Waals surface area contributed by atoms with Crippen LogP contribution in [0.15, 0.2) is 41.8 Å². The molecule has 10 heteroatoms. The second kappa shape index (κ2) is 9.16. The number of carbonyl (C=O) groups excluding carboxylic acids is 1. The van der Waals surface area contributed by atoms with E-state index < -0.39 is 5.82 Å². The Morgan fingerprint density at radius 3 is 2.43 bits per heavy atom. The molecular weight excluding hydrogens is 450 g/mol. The highest BCUT2D eigenvalue weighted by Gasteiger charge is 2.23. The lowest BCUT2D eigenvalue weighted by atomic mass is 10.3. The van der Waals surface area contributed by atoms with Crippen LogP contribution in [0.25, 0.3) is 10.6 Å². The van der Waals surface area contributed by atoms with Crippen LogP contribution >= 0.6 is 34.5 Å². The molecule has 0 saturated carbocycles. The Kier molecular flexibility index (Phi) is 6.36. The average Bonchev–Trinajstić information content (AvgIpc) is 3.28. The molecule has 1 aliphatic rings. The van der Waals surface area contributed by atoms with Crippen molar-refractivity contribution < 1.29 is 13.9 Å². The van der Waals surface area contributed by atoms with Gasteiger partial charge in [0.15, 0.2) is 18.2 Å². The van der Waals surface area contributed by atoms with Crippen LogP contribution in [-0.2, 0) is 4.79 Å². The smallest absolute Gasteiger partial charge is 0.260 e. The fourth-order valence-electron chi connectivity index (χ4n) is 3.13. The SMILES string of the molecule is O=C(COc1c(Cl)cc(F)cc1Cl)N1CCN(c2ccc(-c3cccs3)nn2)CC1. The lowest BCUT2D eigenvalue weighted by molar-refractivity contribution is -0.133. The summed E-state index contributed by atoms with van der Waals surface area (Å²) < 4.78 is 18.7. The standard InChI is InChI=1S/C20H17Cl2FN4O2S/c21-14-10-13(23)11-15(22)20(14)29-12-19(28)27-7-5-26(6-8-27)18-4-3-16(24-25-18)17-2-1-9-30-17/h1-4,9-11H,5-8,12H2. The number of anilines is 1. The van der Waals surface area contributed by atoms with Gasteiger partial charge in [-0.1, -0.05) is 29.3 Å². The van der Waals surface area contributed by atoms with Crippen LogP contribution in [0.5, 0.6) is 5.75 Å². The van der Waals surface area contributed by atoms with Crippen LogP contribution in [0.4, 0.5) is 10.2 Å². The number of hydrogen-bond donors (Lipinski definition) is 0. The Bertz CT molecular complexity index is 1000. The normalized spacial score (nSPS) is 14.1. The molecule has 0 atom stereocenters. The largest absolute Gasteiger partial charge is 0.481 e. The van der Waals surface area contributed by atoms with E-state index in [9.17, 15) is 9.18 Å². The number of thiophene rings is 1. The molecule has 2 aromatic heterocycles. The molecule has 156 valence electrons. The number of amides is 1. The summed E-state index contributed by atoms with van der Waals surface area (Å²) in [6.45, 7) is 2.11. The number of halogens is 3. The van der Waals surface area contributed by atoms with Gasteiger partial charge in [-0.15, -0.1) is 21.5 Å². The van der Waals surface area contributed by atoms with Crippen molar-refractivity contribution in [2.24, 2.45) is 0 Å². The van der Waals surface area contributed by atoms with Crippen molar-refractivity contribution in [2.75, 3.05) is 37.7 Å². The first-order chi connectivity index (χ1) is 14.5. The molecule has 1 aliphatic heterocycles. The average molecular weight is 467 g/mol. The number of carbonyl (C=O) groups is 1. The van der Waals surface area contributed by atoms with Crippen LogP contribution in [0.3, 0.4) is 0 Å². The number of ether oxygens (including phenoxy) is 1. The molecule has 0 bridgehead atoms. The fraction of sp³-hybridized carbons (Fsp3) is 0.250. The molecule has 0 spiro atoms. The van der Waals surface area contributed by atoms with Crippen molar-refractivity contribution in [2.45, 2.75) is 0 Å². The molecule has 1 amide bonds. The molecular formula is C20H17Cl2FN4O2S. The van der Waals surface area contributed by atoms with E-state index in [2.05, 4.69) is 15.1 Å². The van der Waals surface area contributed by atoms with Gasteiger partial charge in [0.05, 0.1) is 14.9 Å². The summed E-state index contributed by atoms with van der Waals surface area (Å²) in [7, 11) is 0. The zero-order chi connectivity index (χ0) is 21.1. The lowest BCUT2D eigenvalue weighted by Gasteiger charge is -2.35. The molecule has 1 aromatic carbocycles. The highest BCUT2D eigenvalue weighted by molar-refractivity contribution is 7.13.